The molecule has 0 unspecified atom stereocenters. The quantitative estimate of drug-likeness (QED) is 0.878. The number of likely N-dealkylation sites (N-methyl/N-ethyl adjacent to an activating group) is 1. The average molecular weight is 243 g/mol. The predicted octanol–water partition coefficient (Wildman–Crippen LogP) is 1.72. The summed E-state index contributed by atoms with van der Waals surface area (Å²) in [6.45, 7) is 4.36. The molecule has 0 fully saturated rings. The lowest BCUT2D eigenvalue weighted by molar-refractivity contribution is -0.131. The Balaban J connectivity index is 0.00000225. The molecule has 0 spiro atoms. The van der Waals surface area contributed by atoms with Gasteiger partial charge in [0, 0.05) is 13.6 Å². The average Bonchev–Trinajstić information content (AvgIpc) is 2.20. The van der Waals surface area contributed by atoms with Crippen molar-refractivity contribution >= 4 is 18.3 Å². The second kappa shape index (κ2) is 6.51. The van der Waals surface area contributed by atoms with Crippen LogP contribution in [-0.2, 0) is 11.3 Å². The van der Waals surface area contributed by atoms with Crippen molar-refractivity contribution in [1.29, 1.82) is 0 Å². The monoisotopic (exact) mass is 242 g/mol. The number of nitrogens with zero attached hydrogens (tertiary/aromatic N) is 1. The third-order valence-corrected chi connectivity index (χ3v) is 2.43. The van der Waals surface area contributed by atoms with Gasteiger partial charge in [0.25, 0.3) is 0 Å². The number of nitrogens with two attached hydrogens (primary N) is 1. The standard InChI is InChI=1S/C12H18N2O.ClH/c1-9-6-4-5-7-11(9)8-14(3)12(15)10(2)13;/h4-7,10H,8,13H2,1-3H3;1H/t10-;/m1./s1. The van der Waals surface area contributed by atoms with Crippen LogP contribution in [0, 0.1) is 6.92 Å². The van der Waals surface area contributed by atoms with Crippen LogP contribution in [0.2, 0.25) is 0 Å². The molecular formula is C12H19ClN2O. The molecular weight excluding hydrogens is 224 g/mol. The van der Waals surface area contributed by atoms with Crippen LogP contribution in [0.15, 0.2) is 24.3 Å². The highest BCUT2D eigenvalue weighted by atomic mass is 35.5. The number of carbonyl (C=O) groups excluding carboxylic acids is 1. The summed E-state index contributed by atoms with van der Waals surface area (Å²) in [6, 6.07) is 7.61. The summed E-state index contributed by atoms with van der Waals surface area (Å²) in [5, 5.41) is 0. The maximum atomic E-state index is 11.6. The SMILES string of the molecule is Cc1ccccc1CN(C)C(=O)[C@@H](C)N.Cl. The molecule has 0 saturated heterocycles. The molecule has 4 heteroatoms. The first-order chi connectivity index (χ1) is 7.02. The van der Waals surface area contributed by atoms with Crippen LogP contribution in [-0.4, -0.2) is 23.9 Å². The van der Waals surface area contributed by atoms with E-state index in [0.29, 0.717) is 6.54 Å². The van der Waals surface area contributed by atoms with Gasteiger partial charge in [0.05, 0.1) is 6.04 Å². The smallest absolute Gasteiger partial charge is 0.239 e. The lowest BCUT2D eigenvalue weighted by atomic mass is 10.1. The Kier molecular flexibility index (Phi) is 6.08. The third-order valence-electron chi connectivity index (χ3n) is 2.43. The minimum absolute atomic E-state index is 0. The normalized spacial score (nSPS) is 11.5. The van der Waals surface area contributed by atoms with Gasteiger partial charge in [0.1, 0.15) is 0 Å². The summed E-state index contributed by atoms with van der Waals surface area (Å²) >= 11 is 0. The second-order valence-electron chi connectivity index (χ2n) is 3.91. The molecule has 0 aliphatic carbocycles. The van der Waals surface area contributed by atoms with Gasteiger partial charge in [0.2, 0.25) is 5.91 Å². The Morgan fingerprint density at radius 2 is 2.00 bits per heavy atom. The van der Waals surface area contributed by atoms with Gasteiger partial charge in [-0.1, -0.05) is 24.3 Å². The first-order valence-corrected chi connectivity index (χ1v) is 5.07. The molecule has 1 amide bonds. The van der Waals surface area contributed by atoms with Crippen LogP contribution in [0.1, 0.15) is 18.1 Å². The zero-order valence-corrected chi connectivity index (χ0v) is 10.8. The highest BCUT2D eigenvalue weighted by Crippen LogP contribution is 2.09. The fourth-order valence-corrected chi connectivity index (χ4v) is 1.47. The van der Waals surface area contributed by atoms with E-state index in [9.17, 15) is 4.79 Å². The van der Waals surface area contributed by atoms with E-state index in [1.54, 1.807) is 18.9 Å². The molecule has 0 aliphatic heterocycles. The van der Waals surface area contributed by atoms with Crippen molar-refractivity contribution in [2.75, 3.05) is 7.05 Å². The van der Waals surface area contributed by atoms with Crippen LogP contribution < -0.4 is 5.73 Å². The Morgan fingerprint density at radius 1 is 1.44 bits per heavy atom. The van der Waals surface area contributed by atoms with E-state index < -0.39 is 6.04 Å². The molecule has 16 heavy (non-hydrogen) atoms. The van der Waals surface area contributed by atoms with Crippen molar-refractivity contribution in [2.24, 2.45) is 5.73 Å². The van der Waals surface area contributed by atoms with E-state index in [2.05, 4.69) is 0 Å². The summed E-state index contributed by atoms with van der Waals surface area (Å²) in [5.41, 5.74) is 7.89. The van der Waals surface area contributed by atoms with Crippen molar-refractivity contribution in [3.05, 3.63) is 35.4 Å². The van der Waals surface area contributed by atoms with Gasteiger partial charge in [-0.3, -0.25) is 4.79 Å². The van der Waals surface area contributed by atoms with E-state index >= 15 is 0 Å². The summed E-state index contributed by atoms with van der Waals surface area (Å²) in [6.07, 6.45) is 0. The molecule has 0 saturated carbocycles. The predicted molar refractivity (Wildman–Crippen MR) is 68.6 cm³/mol. The minimum Gasteiger partial charge on any atom is -0.340 e. The lowest BCUT2D eigenvalue weighted by Crippen LogP contribution is -2.39. The van der Waals surface area contributed by atoms with Gasteiger partial charge < -0.3 is 10.6 Å². The second-order valence-corrected chi connectivity index (χ2v) is 3.91. The summed E-state index contributed by atoms with van der Waals surface area (Å²) in [4.78, 5) is 13.2. The van der Waals surface area contributed by atoms with Crippen molar-refractivity contribution in [1.82, 2.24) is 4.90 Å². The van der Waals surface area contributed by atoms with E-state index in [4.69, 9.17) is 5.73 Å². The van der Waals surface area contributed by atoms with Crippen LogP contribution in [0.25, 0.3) is 0 Å². The number of amides is 1. The Bertz CT molecular complexity index is 353. The number of benzene rings is 1. The summed E-state index contributed by atoms with van der Waals surface area (Å²) in [5.74, 6) is -0.0294. The molecule has 0 aromatic heterocycles. The summed E-state index contributed by atoms with van der Waals surface area (Å²) in [7, 11) is 1.78. The molecule has 0 radical (unpaired) electrons. The zero-order chi connectivity index (χ0) is 11.4. The molecule has 0 bridgehead atoms. The largest absolute Gasteiger partial charge is 0.340 e. The van der Waals surface area contributed by atoms with Crippen molar-refractivity contribution in [2.45, 2.75) is 26.4 Å². The maximum absolute atomic E-state index is 11.6. The number of carbonyl (C=O) groups is 1. The van der Waals surface area contributed by atoms with Crippen LogP contribution in [0.4, 0.5) is 0 Å². The zero-order valence-electron chi connectivity index (χ0n) is 9.93. The van der Waals surface area contributed by atoms with Gasteiger partial charge in [-0.2, -0.15) is 0 Å². The molecule has 90 valence electrons. The molecule has 1 aromatic carbocycles. The molecule has 1 rings (SSSR count). The summed E-state index contributed by atoms with van der Waals surface area (Å²) < 4.78 is 0. The number of halogens is 1. The van der Waals surface area contributed by atoms with Gasteiger partial charge in [-0.15, -0.1) is 12.4 Å². The van der Waals surface area contributed by atoms with Crippen molar-refractivity contribution in [3.63, 3.8) is 0 Å². The minimum atomic E-state index is -0.431. The fourth-order valence-electron chi connectivity index (χ4n) is 1.47. The Morgan fingerprint density at radius 3 is 2.50 bits per heavy atom. The molecule has 2 N–H and O–H groups in total. The number of rotatable bonds is 3. The highest BCUT2D eigenvalue weighted by Gasteiger charge is 2.13. The van der Waals surface area contributed by atoms with E-state index in [1.165, 1.54) is 5.56 Å². The van der Waals surface area contributed by atoms with Gasteiger partial charge >= 0.3 is 0 Å². The maximum Gasteiger partial charge on any atom is 0.239 e. The van der Waals surface area contributed by atoms with Crippen molar-refractivity contribution < 1.29 is 4.79 Å². The van der Waals surface area contributed by atoms with E-state index in [1.807, 2.05) is 31.2 Å². The van der Waals surface area contributed by atoms with Gasteiger partial charge in [-0.05, 0) is 25.0 Å². The fraction of sp³-hybridized carbons (Fsp3) is 0.417. The van der Waals surface area contributed by atoms with Gasteiger partial charge in [0.15, 0.2) is 0 Å². The first-order valence-electron chi connectivity index (χ1n) is 5.07. The number of hydrogen-bond acceptors (Lipinski definition) is 2. The number of aryl methyl sites for hydroxylation is 1. The van der Waals surface area contributed by atoms with Gasteiger partial charge in [-0.25, -0.2) is 0 Å². The van der Waals surface area contributed by atoms with Crippen LogP contribution in [0.5, 0.6) is 0 Å². The molecule has 1 aromatic rings. The van der Waals surface area contributed by atoms with Crippen LogP contribution in [0.3, 0.4) is 0 Å². The van der Waals surface area contributed by atoms with E-state index in [0.717, 1.165) is 5.56 Å². The number of hydrogen-bond donors (Lipinski definition) is 1. The molecule has 0 heterocycles. The van der Waals surface area contributed by atoms with Crippen molar-refractivity contribution in [3.8, 4) is 0 Å². The lowest BCUT2D eigenvalue weighted by Gasteiger charge is -2.20. The topological polar surface area (TPSA) is 46.3 Å². The Labute approximate surface area is 103 Å². The molecule has 0 aliphatic rings. The van der Waals surface area contributed by atoms with E-state index in [-0.39, 0.29) is 18.3 Å². The first kappa shape index (κ1) is 14.9. The third kappa shape index (κ3) is 3.83. The molecule has 3 nitrogen and oxygen atoms in total. The van der Waals surface area contributed by atoms with Crippen LogP contribution >= 0.6 is 12.4 Å². The highest BCUT2D eigenvalue weighted by molar-refractivity contribution is 5.85. The molecule has 1 atom stereocenters. The Hall–Kier alpha value is -1.06.